The number of hydrogen-bond donors (Lipinski definition) is 0. The average molecular weight is 355 g/mol. The van der Waals surface area contributed by atoms with Crippen molar-refractivity contribution in [2.24, 2.45) is 0 Å². The molecule has 0 radical (unpaired) electrons. The molecule has 0 fully saturated rings. The number of para-hydroxylation sites is 1. The first-order valence-corrected chi connectivity index (χ1v) is 7.54. The van der Waals surface area contributed by atoms with Crippen LogP contribution in [0.25, 0.3) is 11.1 Å². The molecule has 0 amide bonds. The molecule has 0 aliphatic carbocycles. The van der Waals surface area contributed by atoms with Crippen LogP contribution in [0.3, 0.4) is 0 Å². The van der Waals surface area contributed by atoms with Crippen molar-refractivity contribution in [1.82, 2.24) is 0 Å². The van der Waals surface area contributed by atoms with Gasteiger partial charge in [-0.15, -0.1) is 8.78 Å². The largest absolute Gasteiger partial charge is 0.586 e. The summed E-state index contributed by atoms with van der Waals surface area (Å²) in [5, 5.41) is 10.7. The maximum atomic E-state index is 13.8. The molecular formula is C17H16F3NO4. The molecular weight excluding hydrogens is 339 g/mol. The summed E-state index contributed by atoms with van der Waals surface area (Å²) in [6.07, 6.45) is -2.55. The van der Waals surface area contributed by atoms with Crippen molar-refractivity contribution >= 4 is 5.69 Å². The van der Waals surface area contributed by atoms with Gasteiger partial charge in [0.2, 0.25) is 5.82 Å². The van der Waals surface area contributed by atoms with Crippen LogP contribution in [0.2, 0.25) is 0 Å². The van der Waals surface area contributed by atoms with E-state index in [2.05, 4.69) is 23.3 Å². The molecule has 1 aliphatic heterocycles. The van der Waals surface area contributed by atoms with Gasteiger partial charge in [0.15, 0.2) is 11.5 Å². The second-order valence-electron chi connectivity index (χ2n) is 5.38. The highest BCUT2D eigenvalue weighted by Crippen LogP contribution is 2.48. The molecule has 1 aliphatic rings. The average Bonchev–Trinajstić information content (AvgIpc) is 2.83. The smallest absolute Gasteiger partial charge is 0.395 e. The van der Waals surface area contributed by atoms with Gasteiger partial charge in [0.25, 0.3) is 0 Å². The van der Waals surface area contributed by atoms with Crippen molar-refractivity contribution in [2.75, 3.05) is 0 Å². The van der Waals surface area contributed by atoms with Crippen LogP contribution >= 0.6 is 0 Å². The molecule has 25 heavy (non-hydrogen) atoms. The Hall–Kier alpha value is -2.77. The van der Waals surface area contributed by atoms with Crippen molar-refractivity contribution < 1.29 is 27.6 Å². The number of nitro benzene ring substituents is 1. The molecule has 0 saturated heterocycles. The maximum absolute atomic E-state index is 13.8. The van der Waals surface area contributed by atoms with E-state index in [9.17, 15) is 23.3 Å². The van der Waals surface area contributed by atoms with Crippen LogP contribution in [0.15, 0.2) is 30.3 Å². The lowest BCUT2D eigenvalue weighted by atomic mass is 9.98. The fourth-order valence-corrected chi connectivity index (χ4v) is 2.28. The lowest BCUT2D eigenvalue weighted by Gasteiger charge is -2.10. The SMILES string of the molecule is CCC.Cc1cc([N+](=O)[O-])c(F)cc1-c1cccc2c1OC(F)(F)O2. The van der Waals surface area contributed by atoms with Crippen molar-refractivity contribution in [3.63, 3.8) is 0 Å². The number of halogens is 3. The van der Waals surface area contributed by atoms with E-state index in [0.717, 1.165) is 12.1 Å². The molecule has 8 heteroatoms. The van der Waals surface area contributed by atoms with E-state index in [1.807, 2.05) is 0 Å². The summed E-state index contributed by atoms with van der Waals surface area (Å²) in [6.45, 7) is 5.76. The van der Waals surface area contributed by atoms with Crippen LogP contribution in [0.1, 0.15) is 25.8 Å². The zero-order chi connectivity index (χ0) is 18.8. The molecule has 2 aromatic rings. The van der Waals surface area contributed by atoms with E-state index in [1.54, 1.807) is 0 Å². The summed E-state index contributed by atoms with van der Waals surface area (Å²) in [4.78, 5) is 9.86. The van der Waals surface area contributed by atoms with Crippen LogP contribution in [-0.2, 0) is 0 Å². The zero-order valence-corrected chi connectivity index (χ0v) is 13.8. The maximum Gasteiger partial charge on any atom is 0.586 e. The predicted octanol–water partition coefficient (Wildman–Crippen LogP) is 5.45. The number of rotatable bonds is 2. The summed E-state index contributed by atoms with van der Waals surface area (Å²) in [5.74, 6) is -1.47. The minimum atomic E-state index is -3.80. The number of alkyl halides is 2. The number of nitrogens with zero attached hydrogens (tertiary/aromatic N) is 1. The summed E-state index contributed by atoms with van der Waals surface area (Å²) in [5.41, 5.74) is 0.0406. The van der Waals surface area contributed by atoms with E-state index in [-0.39, 0.29) is 22.6 Å². The number of ether oxygens (including phenoxy) is 2. The Morgan fingerprint density at radius 2 is 1.80 bits per heavy atom. The van der Waals surface area contributed by atoms with Gasteiger partial charge < -0.3 is 9.47 Å². The lowest BCUT2D eigenvalue weighted by Crippen LogP contribution is -2.26. The Morgan fingerprint density at radius 1 is 1.16 bits per heavy atom. The molecule has 3 rings (SSSR count). The first-order valence-electron chi connectivity index (χ1n) is 7.54. The number of hydrogen-bond acceptors (Lipinski definition) is 4. The van der Waals surface area contributed by atoms with Crippen molar-refractivity contribution in [1.29, 1.82) is 0 Å². The Labute approximate surface area is 142 Å². The standard InChI is InChI=1S/C14H8F3NO4.C3H8/c1-7-5-11(18(19)20)10(15)6-9(7)8-3-2-4-12-13(8)22-14(16,17)21-12;1-3-2/h2-6H,1H3;3H2,1-2H3. The number of nitro groups is 1. The van der Waals surface area contributed by atoms with E-state index >= 15 is 0 Å². The predicted molar refractivity (Wildman–Crippen MR) is 85.4 cm³/mol. The molecule has 1 heterocycles. The van der Waals surface area contributed by atoms with Crippen LogP contribution in [-0.4, -0.2) is 11.2 Å². The molecule has 0 aromatic heterocycles. The lowest BCUT2D eigenvalue weighted by molar-refractivity contribution is -0.387. The molecule has 2 aromatic carbocycles. The molecule has 0 saturated carbocycles. The molecule has 0 spiro atoms. The fourth-order valence-electron chi connectivity index (χ4n) is 2.28. The van der Waals surface area contributed by atoms with Crippen molar-refractivity contribution in [3.05, 3.63) is 51.8 Å². The summed E-state index contributed by atoms with van der Waals surface area (Å²) >= 11 is 0. The Kier molecular flexibility index (Phi) is 5.20. The van der Waals surface area contributed by atoms with Gasteiger partial charge in [-0.3, -0.25) is 10.1 Å². The topological polar surface area (TPSA) is 61.6 Å². The quantitative estimate of drug-likeness (QED) is 0.531. The molecule has 0 unspecified atom stereocenters. The van der Waals surface area contributed by atoms with Crippen LogP contribution in [0.4, 0.5) is 18.9 Å². The van der Waals surface area contributed by atoms with Crippen LogP contribution < -0.4 is 9.47 Å². The first-order chi connectivity index (χ1) is 11.7. The van der Waals surface area contributed by atoms with Gasteiger partial charge in [-0.05, 0) is 30.2 Å². The van der Waals surface area contributed by atoms with E-state index in [0.29, 0.717) is 5.56 Å². The van der Waals surface area contributed by atoms with Gasteiger partial charge in [0.05, 0.1) is 4.92 Å². The highest BCUT2D eigenvalue weighted by atomic mass is 19.3. The minimum Gasteiger partial charge on any atom is -0.395 e. The second-order valence-corrected chi connectivity index (χ2v) is 5.38. The van der Waals surface area contributed by atoms with Gasteiger partial charge in [-0.25, -0.2) is 0 Å². The van der Waals surface area contributed by atoms with Crippen molar-refractivity contribution in [3.8, 4) is 22.6 Å². The van der Waals surface area contributed by atoms with E-state index in [1.165, 1.54) is 31.5 Å². The fraction of sp³-hybridized carbons (Fsp3) is 0.294. The van der Waals surface area contributed by atoms with E-state index in [4.69, 9.17) is 0 Å². The normalized spacial score (nSPS) is 13.8. The summed E-state index contributed by atoms with van der Waals surface area (Å²) in [6, 6.07) is 6.13. The number of benzene rings is 2. The molecule has 134 valence electrons. The number of fused-ring (bicyclic) bond motifs is 1. The first kappa shape index (κ1) is 18.6. The number of aryl methyl sites for hydroxylation is 1. The Morgan fingerprint density at radius 3 is 2.40 bits per heavy atom. The third-order valence-corrected chi connectivity index (χ3v) is 3.21. The Balaban J connectivity index is 0.000000701. The highest BCUT2D eigenvalue weighted by molar-refractivity contribution is 5.77. The highest BCUT2D eigenvalue weighted by Gasteiger charge is 2.44. The van der Waals surface area contributed by atoms with Gasteiger partial charge in [-0.2, -0.15) is 4.39 Å². The summed E-state index contributed by atoms with van der Waals surface area (Å²) < 4.78 is 48.9. The zero-order valence-electron chi connectivity index (χ0n) is 13.8. The van der Waals surface area contributed by atoms with Crippen LogP contribution in [0, 0.1) is 22.9 Å². The minimum absolute atomic E-state index is 0.168. The van der Waals surface area contributed by atoms with Gasteiger partial charge in [0.1, 0.15) is 0 Å². The van der Waals surface area contributed by atoms with Gasteiger partial charge >= 0.3 is 12.0 Å². The van der Waals surface area contributed by atoms with Crippen molar-refractivity contribution in [2.45, 2.75) is 33.5 Å². The third-order valence-electron chi connectivity index (χ3n) is 3.21. The van der Waals surface area contributed by atoms with Gasteiger partial charge in [0, 0.05) is 11.6 Å². The molecule has 5 nitrogen and oxygen atoms in total. The molecule has 0 N–H and O–H groups in total. The third kappa shape index (κ3) is 3.84. The van der Waals surface area contributed by atoms with Gasteiger partial charge in [-0.1, -0.05) is 32.4 Å². The van der Waals surface area contributed by atoms with E-state index < -0.39 is 22.7 Å². The molecule has 0 atom stereocenters. The second kappa shape index (κ2) is 7.00. The molecule has 0 bridgehead atoms. The van der Waals surface area contributed by atoms with Crippen LogP contribution in [0.5, 0.6) is 11.5 Å². The monoisotopic (exact) mass is 355 g/mol. The summed E-state index contributed by atoms with van der Waals surface area (Å²) in [7, 11) is 0. The Bertz CT molecular complexity index is 809.